The van der Waals surface area contributed by atoms with Gasteiger partial charge in [-0.3, -0.25) is 0 Å². The number of aromatic nitrogens is 1. The zero-order valence-electron chi connectivity index (χ0n) is 38.5. The third-order valence-electron chi connectivity index (χ3n) is 12.0. The van der Waals surface area contributed by atoms with Crippen LogP contribution in [0.4, 0.5) is 105 Å². The Morgan fingerprint density at radius 2 is 0.671 bits per heavy atom. The minimum Gasteiger partial charge on any atom is -0.441 e. The van der Waals surface area contributed by atoms with Crippen molar-refractivity contribution >= 4 is 56.3 Å². The van der Waals surface area contributed by atoms with Crippen molar-refractivity contribution in [1.82, 2.24) is 0 Å². The third kappa shape index (κ3) is 13.8. The Kier molecular flexibility index (Phi) is 16.6. The van der Waals surface area contributed by atoms with Gasteiger partial charge in [-0.15, -0.1) is 0 Å². The lowest BCUT2D eigenvalue weighted by molar-refractivity contribution is -0.689. The number of nitrogens with zero attached hydrogens (tertiary/aromatic N) is 1. The van der Waals surface area contributed by atoms with Gasteiger partial charge in [0.15, 0.2) is 18.8 Å². The summed E-state index contributed by atoms with van der Waals surface area (Å²) >= 11 is 5.56. The van der Waals surface area contributed by atoms with E-state index in [1.165, 1.54) is 0 Å². The lowest BCUT2D eigenvalue weighted by Gasteiger charge is -2.46. The topological polar surface area (TPSA) is 30.2 Å². The molecule has 1 aromatic heterocycles. The highest BCUT2D eigenvalue weighted by Gasteiger charge is 2.47. The van der Waals surface area contributed by atoms with Crippen molar-refractivity contribution in [2.45, 2.75) is 56.0 Å². The van der Waals surface area contributed by atoms with Gasteiger partial charge in [-0.05, 0) is 35.7 Å². The fraction of sp³-hybridized carbons (Fsp3) is 0.200. The van der Waals surface area contributed by atoms with Crippen molar-refractivity contribution < 1.29 is 119 Å². The van der Waals surface area contributed by atoms with Gasteiger partial charge in [0.25, 0.3) is 5.69 Å². The maximum absolute atomic E-state index is 14.2. The molecule has 422 valence electrons. The molecule has 29 heteroatoms. The number of carbonyl (C=O) groups is 1. The summed E-state index contributed by atoms with van der Waals surface area (Å²) in [5.74, 6) is -0.414. The fourth-order valence-electron chi connectivity index (χ4n) is 8.59. The first-order valence-electron chi connectivity index (χ1n) is 21.6. The largest absolute Gasteiger partial charge is 0.441 e. The molecule has 0 spiro atoms. The van der Waals surface area contributed by atoms with Crippen LogP contribution in [0.1, 0.15) is 60.6 Å². The molecule has 79 heavy (non-hydrogen) atoms. The molecule has 0 saturated heterocycles. The van der Waals surface area contributed by atoms with Gasteiger partial charge in [0.05, 0.1) is 49.9 Å². The van der Waals surface area contributed by atoms with Crippen LogP contribution in [0.15, 0.2) is 140 Å². The van der Waals surface area contributed by atoms with Crippen molar-refractivity contribution in [1.29, 1.82) is 0 Å². The number of ether oxygens (including phenoxy) is 1. The first kappa shape index (κ1) is 61.1. The molecule has 0 bridgehead atoms. The second-order valence-electron chi connectivity index (χ2n) is 17.1. The summed E-state index contributed by atoms with van der Waals surface area (Å²) in [6, 6.07) is 10.8. The van der Waals surface area contributed by atoms with Gasteiger partial charge in [-0.25, -0.2) is 4.79 Å². The summed E-state index contributed by atoms with van der Waals surface area (Å²) in [6.45, 7) is 0.596. The minimum atomic E-state index is -6.13. The van der Waals surface area contributed by atoms with Gasteiger partial charge in [0.2, 0.25) is 0 Å². The molecule has 1 heterocycles. The molecule has 0 aliphatic carbocycles. The molecule has 6 aromatic carbocycles. The van der Waals surface area contributed by atoms with E-state index in [2.05, 4.69) is 0 Å². The van der Waals surface area contributed by atoms with Crippen LogP contribution >= 0.6 is 11.6 Å². The zero-order valence-corrected chi connectivity index (χ0v) is 39.2. The second kappa shape index (κ2) is 21.5. The molecular formula is C50H27BClF24NO2. The van der Waals surface area contributed by atoms with Gasteiger partial charge in [-0.1, -0.05) is 109 Å². The SMILES string of the molecule is FC(F)(F)c1cc([B-](c2cc(C(F)(F)F)cc(C(F)(F)F)c2)(c2cc(C(F)(F)F)cc(C(F)(F)F)c2)c2cc(C(F)(F)F)cc(C(F)(F)F)c2)cc(C(F)(F)F)c1.O=C(OCCl)c1c2ccccc2cc[n+]1Cc1ccccc1. The van der Waals surface area contributed by atoms with Gasteiger partial charge < -0.3 is 4.74 Å². The highest BCUT2D eigenvalue weighted by molar-refractivity contribution is 7.20. The Hall–Kier alpha value is -7.13. The number of fused-ring (bicyclic) bond motifs is 1. The lowest BCUT2D eigenvalue weighted by atomic mass is 9.12. The van der Waals surface area contributed by atoms with Crippen LogP contribution in [0, 0.1) is 0 Å². The Morgan fingerprint density at radius 1 is 0.392 bits per heavy atom. The number of pyridine rings is 1. The van der Waals surface area contributed by atoms with Crippen LogP contribution in [0.3, 0.4) is 0 Å². The van der Waals surface area contributed by atoms with Crippen LogP contribution in [0.5, 0.6) is 0 Å². The second-order valence-corrected chi connectivity index (χ2v) is 17.3. The molecule has 0 amide bonds. The molecule has 7 rings (SSSR count). The average molecular weight is 1180 g/mol. The van der Waals surface area contributed by atoms with Crippen LogP contribution in [-0.4, -0.2) is 18.2 Å². The van der Waals surface area contributed by atoms with E-state index >= 15 is 0 Å². The number of carbonyl (C=O) groups excluding carboxylic acids is 1. The maximum Gasteiger partial charge on any atom is 0.416 e. The number of alkyl halides is 25. The van der Waals surface area contributed by atoms with Crippen molar-refractivity contribution in [2.75, 3.05) is 6.07 Å². The summed E-state index contributed by atoms with van der Waals surface area (Å²) in [5.41, 5.74) is -28.6. The smallest absolute Gasteiger partial charge is 0.416 e. The number of hydrogen-bond donors (Lipinski definition) is 0. The maximum atomic E-state index is 14.2. The number of benzene rings is 6. The molecule has 0 radical (unpaired) electrons. The van der Waals surface area contributed by atoms with Crippen molar-refractivity contribution in [3.63, 3.8) is 0 Å². The minimum absolute atomic E-state index is 0.159. The van der Waals surface area contributed by atoms with Gasteiger partial charge in [-0.2, -0.15) is 132 Å². The summed E-state index contributed by atoms with van der Waals surface area (Å²) in [6.07, 6.45) is -52.9. The average Bonchev–Trinajstić information content (AvgIpc) is 3.46. The zero-order chi connectivity index (χ0) is 59.3. The molecule has 0 atom stereocenters. The van der Waals surface area contributed by atoms with E-state index in [1.54, 1.807) is 0 Å². The first-order chi connectivity index (χ1) is 36.1. The number of rotatable bonds is 8. The summed E-state index contributed by atoms with van der Waals surface area (Å²) < 4.78 is 348. The lowest BCUT2D eigenvalue weighted by Crippen LogP contribution is -2.75. The van der Waals surface area contributed by atoms with E-state index in [9.17, 15) is 110 Å². The molecule has 3 nitrogen and oxygen atoms in total. The summed E-state index contributed by atoms with van der Waals surface area (Å²) in [4.78, 5) is 12.3. The van der Waals surface area contributed by atoms with Crippen LogP contribution in [0.2, 0.25) is 0 Å². The summed E-state index contributed by atoms with van der Waals surface area (Å²) in [7, 11) is 0. The molecule has 7 aromatic rings. The molecule has 0 unspecified atom stereocenters. The van der Waals surface area contributed by atoms with Gasteiger partial charge in [0.1, 0.15) is 6.15 Å². The Bertz CT molecular complexity index is 2920. The van der Waals surface area contributed by atoms with Crippen molar-refractivity contribution in [2.24, 2.45) is 0 Å². The highest BCUT2D eigenvalue weighted by Crippen LogP contribution is 2.41. The molecule has 0 saturated carbocycles. The van der Waals surface area contributed by atoms with Crippen molar-refractivity contribution in [3.8, 4) is 0 Å². The van der Waals surface area contributed by atoms with E-state index in [1.807, 2.05) is 71.4 Å². The quantitative estimate of drug-likeness (QED) is 0.0499. The van der Waals surface area contributed by atoms with E-state index in [4.69, 9.17) is 16.3 Å². The third-order valence-corrected chi connectivity index (χ3v) is 12.1. The van der Waals surface area contributed by atoms with Gasteiger partial charge in [0, 0.05) is 11.6 Å². The van der Waals surface area contributed by atoms with Crippen LogP contribution < -0.4 is 26.4 Å². The normalized spacial score (nSPS) is 13.3. The van der Waals surface area contributed by atoms with E-state index in [-0.39, 0.29) is 6.07 Å². The number of halogens is 25. The Morgan fingerprint density at radius 3 is 0.949 bits per heavy atom. The molecule has 0 aliphatic heterocycles. The van der Waals surface area contributed by atoms with E-state index in [0.29, 0.717) is 12.2 Å². The molecule has 0 N–H and O–H groups in total. The fourth-order valence-corrected chi connectivity index (χ4v) is 8.68. The monoisotopic (exact) mass is 1180 g/mol. The number of hydrogen-bond acceptors (Lipinski definition) is 2. The standard InChI is InChI=1S/C32H12BF24.C18H15ClNO2/c34-25(35,36)13-1-14(26(37,38)39)6-21(5-13)33(22-7-15(27(40,41)42)2-16(8-22)28(43,44)45,23-9-17(29(46,47)48)3-18(10-23)30(49,50)51)24-11-19(31(52,53)54)4-20(12-24)32(55,56)57;19-13-22-18(21)17-16-9-5-4-8-15(16)10-11-20(17)12-14-6-2-1-3-7-14/h1-12H;1-11H,12-13H2/q-1;+1. The van der Waals surface area contributed by atoms with E-state index in [0.717, 1.165) is 16.3 Å². The molecule has 0 fully saturated rings. The summed E-state index contributed by atoms with van der Waals surface area (Å²) in [5, 5.41) is 1.85. The first-order valence-corrected chi connectivity index (χ1v) is 22.1. The van der Waals surface area contributed by atoms with Crippen molar-refractivity contribution in [3.05, 3.63) is 195 Å². The Balaban J connectivity index is 0.000000378. The molecular weight excluding hydrogens is 1150 g/mol. The van der Waals surface area contributed by atoms with Gasteiger partial charge >= 0.3 is 55.4 Å². The molecule has 0 aliphatic rings. The van der Waals surface area contributed by atoms with Crippen LogP contribution in [0.25, 0.3) is 10.8 Å². The van der Waals surface area contributed by atoms with Crippen LogP contribution in [-0.2, 0) is 60.7 Å². The van der Waals surface area contributed by atoms with E-state index < -0.39 is 201 Å². The Labute approximate surface area is 432 Å². The highest BCUT2D eigenvalue weighted by atomic mass is 35.5. The predicted octanol–water partition coefficient (Wildman–Crippen LogP) is 14.7. The number of esters is 1. The predicted molar refractivity (Wildman–Crippen MR) is 236 cm³/mol.